The molecular formula is C24H26ClN3O3S. The summed E-state index contributed by atoms with van der Waals surface area (Å²) in [5.74, 6) is 3.20. The first kappa shape index (κ1) is 20.7. The molecule has 0 amide bonds. The zero-order valence-corrected chi connectivity index (χ0v) is 19.2. The molecule has 3 aliphatic rings. The molecule has 8 heteroatoms. The van der Waals surface area contributed by atoms with Crippen LogP contribution in [0.15, 0.2) is 36.4 Å². The lowest BCUT2D eigenvalue weighted by Crippen LogP contribution is -2.32. The van der Waals surface area contributed by atoms with E-state index in [2.05, 4.69) is 34.1 Å². The van der Waals surface area contributed by atoms with E-state index >= 15 is 0 Å². The Morgan fingerprint density at radius 3 is 2.78 bits per heavy atom. The Morgan fingerprint density at radius 1 is 1.16 bits per heavy atom. The third kappa shape index (κ3) is 3.75. The Bertz CT molecular complexity index is 1120. The molecule has 32 heavy (non-hydrogen) atoms. The molecule has 1 unspecified atom stereocenters. The first-order valence-electron chi connectivity index (χ1n) is 11.2. The van der Waals surface area contributed by atoms with Gasteiger partial charge in [-0.25, -0.2) is 4.98 Å². The molecule has 3 fully saturated rings. The number of pyridine rings is 1. The quantitative estimate of drug-likeness (QED) is 0.589. The van der Waals surface area contributed by atoms with Gasteiger partial charge in [0.1, 0.15) is 6.10 Å². The molecule has 2 aliphatic heterocycles. The van der Waals surface area contributed by atoms with Crippen molar-refractivity contribution < 1.29 is 14.6 Å². The molecule has 4 heterocycles. The van der Waals surface area contributed by atoms with Gasteiger partial charge in [-0.15, -0.1) is 0 Å². The van der Waals surface area contributed by atoms with E-state index in [-0.39, 0.29) is 24.2 Å². The van der Waals surface area contributed by atoms with Crippen LogP contribution < -0.4 is 9.64 Å². The van der Waals surface area contributed by atoms with Crippen molar-refractivity contribution in [2.24, 2.45) is 5.92 Å². The van der Waals surface area contributed by atoms with E-state index in [1.165, 1.54) is 17.2 Å². The van der Waals surface area contributed by atoms with Gasteiger partial charge in [0.2, 0.25) is 0 Å². The van der Waals surface area contributed by atoms with Crippen LogP contribution in [-0.2, 0) is 4.74 Å². The molecule has 2 N–H and O–H groups in total. The Hall–Kier alpha value is -1.93. The Morgan fingerprint density at radius 2 is 1.97 bits per heavy atom. The van der Waals surface area contributed by atoms with E-state index < -0.39 is 0 Å². The number of hydrogen-bond acceptors (Lipinski definition) is 6. The molecule has 2 aromatic heterocycles. The highest BCUT2D eigenvalue weighted by molar-refractivity contribution is 7.99. The van der Waals surface area contributed by atoms with Crippen molar-refractivity contribution in [2.75, 3.05) is 36.1 Å². The summed E-state index contributed by atoms with van der Waals surface area (Å²) < 4.78 is 12.0. The topological polar surface area (TPSA) is 70.6 Å². The zero-order chi connectivity index (χ0) is 21.7. The second-order valence-electron chi connectivity index (χ2n) is 8.79. The fraction of sp³-hybridized carbons (Fsp3) is 0.458. The van der Waals surface area contributed by atoms with Crippen LogP contribution in [-0.4, -0.2) is 64.6 Å². The van der Waals surface area contributed by atoms with Gasteiger partial charge in [-0.2, -0.15) is 11.8 Å². The predicted octanol–water partition coefficient (Wildman–Crippen LogP) is 4.35. The molecule has 168 valence electrons. The summed E-state index contributed by atoms with van der Waals surface area (Å²) in [6.45, 7) is 2.58. The monoisotopic (exact) mass is 471 g/mol. The zero-order valence-electron chi connectivity index (χ0n) is 17.7. The third-order valence-corrected chi connectivity index (χ3v) is 8.08. The number of nitrogens with zero attached hydrogens (tertiary/aromatic N) is 2. The molecule has 2 saturated heterocycles. The van der Waals surface area contributed by atoms with E-state index in [0.717, 1.165) is 48.2 Å². The number of aliphatic hydroxyl groups is 1. The standard InChI is InChI=1S/C24H26ClN3O3S/c25-17-11-18-19(12-22(26-18)31-21-6-5-16-20(29)13-30-24(16)21)27-23(17)14-1-3-15(4-2-14)28-7-9-32-10-8-28/h1-4,11-12,16,20-21,24,26,29H,5-10,13H2/t16?,20-,21-,24+/m1/s1. The number of fused-ring (bicyclic) bond motifs is 2. The number of halogens is 1. The molecule has 6 rings (SSSR count). The fourth-order valence-corrected chi connectivity index (χ4v) is 6.31. The van der Waals surface area contributed by atoms with Crippen molar-refractivity contribution >= 4 is 40.1 Å². The molecular weight excluding hydrogens is 446 g/mol. The summed E-state index contributed by atoms with van der Waals surface area (Å²) in [4.78, 5) is 10.5. The number of thioether (sulfide) groups is 1. The van der Waals surface area contributed by atoms with Gasteiger partial charge in [0.05, 0.1) is 40.6 Å². The van der Waals surface area contributed by atoms with Crippen molar-refractivity contribution in [3.8, 4) is 17.1 Å². The second kappa shape index (κ2) is 8.45. The minimum atomic E-state index is -0.375. The third-order valence-electron chi connectivity index (χ3n) is 6.85. The van der Waals surface area contributed by atoms with Crippen LogP contribution in [0.5, 0.6) is 5.88 Å². The van der Waals surface area contributed by atoms with Gasteiger partial charge < -0.3 is 24.5 Å². The van der Waals surface area contributed by atoms with Gasteiger partial charge in [0.25, 0.3) is 0 Å². The number of aromatic nitrogens is 2. The van der Waals surface area contributed by atoms with Crippen molar-refractivity contribution in [2.45, 2.75) is 31.2 Å². The minimum absolute atomic E-state index is 0.0412. The number of anilines is 1. The van der Waals surface area contributed by atoms with E-state index in [4.69, 9.17) is 26.1 Å². The van der Waals surface area contributed by atoms with Crippen molar-refractivity contribution in [1.29, 1.82) is 0 Å². The van der Waals surface area contributed by atoms with E-state index in [9.17, 15) is 5.11 Å². The molecule has 1 aromatic carbocycles. The molecule has 1 saturated carbocycles. The van der Waals surface area contributed by atoms with Gasteiger partial charge in [-0.05, 0) is 31.0 Å². The lowest BCUT2D eigenvalue weighted by molar-refractivity contribution is 0.0154. The van der Waals surface area contributed by atoms with Gasteiger partial charge in [-0.3, -0.25) is 0 Å². The molecule has 0 radical (unpaired) electrons. The van der Waals surface area contributed by atoms with Gasteiger partial charge in [0, 0.05) is 47.8 Å². The van der Waals surface area contributed by atoms with Crippen LogP contribution >= 0.6 is 23.4 Å². The Labute approximate surface area is 196 Å². The maximum absolute atomic E-state index is 10.0. The van der Waals surface area contributed by atoms with E-state index in [0.29, 0.717) is 17.5 Å². The van der Waals surface area contributed by atoms with Crippen LogP contribution in [0.1, 0.15) is 12.8 Å². The average Bonchev–Trinajstić information content (AvgIpc) is 3.51. The van der Waals surface area contributed by atoms with E-state index in [1.807, 2.05) is 23.9 Å². The molecule has 3 aromatic rings. The normalized spacial score (nSPS) is 27.8. The van der Waals surface area contributed by atoms with E-state index in [1.54, 1.807) is 0 Å². The van der Waals surface area contributed by atoms with Gasteiger partial charge >= 0.3 is 0 Å². The highest BCUT2D eigenvalue weighted by Gasteiger charge is 2.47. The number of benzene rings is 1. The first-order valence-corrected chi connectivity index (χ1v) is 12.8. The van der Waals surface area contributed by atoms with Crippen molar-refractivity contribution in [3.05, 3.63) is 41.4 Å². The summed E-state index contributed by atoms with van der Waals surface area (Å²) in [5, 5.41) is 10.6. The fourth-order valence-electron chi connectivity index (χ4n) is 5.15. The molecule has 0 bridgehead atoms. The number of ether oxygens (including phenoxy) is 2. The van der Waals surface area contributed by atoms with Crippen LogP contribution in [0.2, 0.25) is 5.02 Å². The largest absolute Gasteiger partial charge is 0.473 e. The van der Waals surface area contributed by atoms with Crippen LogP contribution in [0.3, 0.4) is 0 Å². The lowest BCUT2D eigenvalue weighted by atomic mass is 10.0. The highest BCUT2D eigenvalue weighted by Crippen LogP contribution is 2.39. The summed E-state index contributed by atoms with van der Waals surface area (Å²) in [6.07, 6.45) is 1.33. The number of aliphatic hydroxyl groups excluding tert-OH is 1. The number of rotatable bonds is 4. The smallest absolute Gasteiger partial charge is 0.193 e. The Kier molecular flexibility index (Phi) is 5.45. The maximum Gasteiger partial charge on any atom is 0.193 e. The van der Waals surface area contributed by atoms with Crippen LogP contribution in [0, 0.1) is 5.92 Å². The van der Waals surface area contributed by atoms with Gasteiger partial charge in [-0.1, -0.05) is 23.7 Å². The average molecular weight is 472 g/mol. The number of hydrogen-bond donors (Lipinski definition) is 2. The summed E-state index contributed by atoms with van der Waals surface area (Å²) in [6, 6.07) is 12.4. The summed E-state index contributed by atoms with van der Waals surface area (Å²) in [7, 11) is 0. The molecule has 0 spiro atoms. The van der Waals surface area contributed by atoms with Crippen molar-refractivity contribution in [1.82, 2.24) is 9.97 Å². The Balaban J connectivity index is 1.23. The van der Waals surface area contributed by atoms with Crippen LogP contribution in [0.25, 0.3) is 22.3 Å². The molecule has 4 atom stereocenters. The summed E-state index contributed by atoms with van der Waals surface area (Å²) in [5.41, 5.74) is 4.69. The minimum Gasteiger partial charge on any atom is -0.473 e. The SMILES string of the molecule is O[C@@H]1CO[C@H]2C1CC[C@H]2Oc1cc2nc(-c3ccc(N4CCSCC4)cc3)c(Cl)cc2[nH]1. The molecule has 6 nitrogen and oxygen atoms in total. The second-order valence-corrected chi connectivity index (χ2v) is 10.4. The molecule has 1 aliphatic carbocycles. The first-order chi connectivity index (χ1) is 15.7. The number of aromatic amines is 1. The number of nitrogens with one attached hydrogen (secondary N) is 1. The highest BCUT2D eigenvalue weighted by atomic mass is 35.5. The summed E-state index contributed by atoms with van der Waals surface area (Å²) >= 11 is 8.62. The van der Waals surface area contributed by atoms with Gasteiger partial charge in [0.15, 0.2) is 5.88 Å². The van der Waals surface area contributed by atoms with Crippen LogP contribution in [0.4, 0.5) is 5.69 Å². The van der Waals surface area contributed by atoms with Crippen molar-refractivity contribution in [3.63, 3.8) is 0 Å². The maximum atomic E-state index is 10.0. The predicted molar refractivity (Wildman–Crippen MR) is 129 cm³/mol. The lowest BCUT2D eigenvalue weighted by Gasteiger charge is -2.28. The number of H-pyrrole nitrogens is 1.